The number of alkyl halides is 1. The van der Waals surface area contributed by atoms with Gasteiger partial charge in [0.15, 0.2) is 0 Å². The number of carbonyl (C=O) groups is 1. The van der Waals surface area contributed by atoms with Crippen LogP contribution in [0.25, 0.3) is 0 Å². The Balaban J connectivity index is 2.34. The monoisotopic (exact) mass is 291 g/mol. The van der Waals surface area contributed by atoms with Crippen molar-refractivity contribution in [2.75, 3.05) is 19.0 Å². The number of benzene rings is 1. The molecule has 1 aromatic carbocycles. The van der Waals surface area contributed by atoms with Gasteiger partial charge in [0.25, 0.3) is 5.91 Å². The summed E-state index contributed by atoms with van der Waals surface area (Å²) in [5, 5.41) is 14.5. The van der Waals surface area contributed by atoms with Gasteiger partial charge in [-0.15, -0.1) is 11.6 Å². The predicted octanol–water partition coefficient (Wildman–Crippen LogP) is 1.97. The van der Waals surface area contributed by atoms with Gasteiger partial charge in [-0.2, -0.15) is 5.26 Å². The van der Waals surface area contributed by atoms with Gasteiger partial charge in [-0.3, -0.25) is 4.79 Å². The molecule has 0 aromatic heterocycles. The molecule has 0 saturated carbocycles. The molecule has 4 nitrogen and oxygen atoms in total. The van der Waals surface area contributed by atoms with Gasteiger partial charge in [0, 0.05) is 25.2 Å². The van der Waals surface area contributed by atoms with E-state index < -0.39 is 0 Å². The molecule has 0 bridgehead atoms. The van der Waals surface area contributed by atoms with Crippen molar-refractivity contribution in [1.82, 2.24) is 10.6 Å². The third-order valence-corrected chi connectivity index (χ3v) is 2.88. The zero-order valence-corrected chi connectivity index (χ0v) is 12.0. The molecule has 0 aliphatic rings. The first-order chi connectivity index (χ1) is 9.77. The molecular weight excluding hydrogens is 274 g/mol. The molecule has 106 valence electrons. The van der Waals surface area contributed by atoms with E-state index in [0.29, 0.717) is 19.0 Å². The van der Waals surface area contributed by atoms with E-state index in [1.165, 1.54) is 6.20 Å². The third-order valence-electron chi connectivity index (χ3n) is 2.61. The Kier molecular flexibility index (Phi) is 7.93. The Bertz CT molecular complexity index is 480. The van der Waals surface area contributed by atoms with E-state index in [0.717, 1.165) is 18.4 Å². The minimum Gasteiger partial charge on any atom is -0.390 e. The molecule has 0 aliphatic heterocycles. The number of nitriles is 1. The van der Waals surface area contributed by atoms with Crippen LogP contribution in [0.3, 0.4) is 0 Å². The summed E-state index contributed by atoms with van der Waals surface area (Å²) in [4.78, 5) is 11.8. The van der Waals surface area contributed by atoms with Crippen LogP contribution in [0.4, 0.5) is 0 Å². The summed E-state index contributed by atoms with van der Waals surface area (Å²) >= 11 is 5.54. The lowest BCUT2D eigenvalue weighted by Gasteiger charge is -2.05. The summed E-state index contributed by atoms with van der Waals surface area (Å²) in [7, 11) is 0. The maximum Gasteiger partial charge on any atom is 0.263 e. The normalized spacial score (nSPS) is 10.7. The van der Waals surface area contributed by atoms with Crippen molar-refractivity contribution in [3.05, 3.63) is 47.7 Å². The van der Waals surface area contributed by atoms with Crippen LogP contribution < -0.4 is 10.6 Å². The molecule has 0 fully saturated rings. The van der Waals surface area contributed by atoms with E-state index in [1.807, 2.05) is 36.4 Å². The molecular formula is C15H18ClN3O. The summed E-state index contributed by atoms with van der Waals surface area (Å²) in [5.74, 6) is 0.188. The Labute approximate surface area is 124 Å². The SMILES string of the molecule is N#C/C(=C/NCCCCl)C(=O)NCCc1ccccc1. The highest BCUT2D eigenvalue weighted by Crippen LogP contribution is 1.98. The third kappa shape index (κ3) is 6.26. The number of halogens is 1. The number of carbonyl (C=O) groups excluding carboxylic acids is 1. The molecule has 0 saturated heterocycles. The van der Waals surface area contributed by atoms with Crippen LogP contribution in [0.2, 0.25) is 0 Å². The van der Waals surface area contributed by atoms with E-state index in [1.54, 1.807) is 0 Å². The highest BCUT2D eigenvalue weighted by Gasteiger charge is 2.07. The second kappa shape index (κ2) is 9.88. The van der Waals surface area contributed by atoms with Crippen molar-refractivity contribution in [2.45, 2.75) is 12.8 Å². The van der Waals surface area contributed by atoms with Crippen LogP contribution in [0.15, 0.2) is 42.1 Å². The minimum atomic E-state index is -0.359. The molecule has 0 radical (unpaired) electrons. The summed E-state index contributed by atoms with van der Waals surface area (Å²) in [6.45, 7) is 1.15. The molecule has 2 N–H and O–H groups in total. The minimum absolute atomic E-state index is 0.0765. The summed E-state index contributed by atoms with van der Waals surface area (Å²) in [5.41, 5.74) is 1.23. The molecule has 0 aliphatic carbocycles. The molecule has 5 heteroatoms. The fourth-order valence-electron chi connectivity index (χ4n) is 1.55. The number of hydrogen-bond donors (Lipinski definition) is 2. The highest BCUT2D eigenvalue weighted by atomic mass is 35.5. The van der Waals surface area contributed by atoms with Crippen LogP contribution in [0, 0.1) is 11.3 Å². The first kappa shape index (κ1) is 16.1. The van der Waals surface area contributed by atoms with Crippen molar-refractivity contribution >= 4 is 17.5 Å². The van der Waals surface area contributed by atoms with Gasteiger partial charge in [0.1, 0.15) is 11.6 Å². The molecule has 0 atom stereocenters. The maximum absolute atomic E-state index is 11.8. The topological polar surface area (TPSA) is 64.9 Å². The number of hydrogen-bond acceptors (Lipinski definition) is 3. The van der Waals surface area contributed by atoms with Gasteiger partial charge in [-0.05, 0) is 18.4 Å². The molecule has 0 heterocycles. The lowest BCUT2D eigenvalue weighted by molar-refractivity contribution is -0.117. The van der Waals surface area contributed by atoms with E-state index in [-0.39, 0.29) is 11.5 Å². The van der Waals surface area contributed by atoms with E-state index >= 15 is 0 Å². The number of amides is 1. The van der Waals surface area contributed by atoms with E-state index in [4.69, 9.17) is 16.9 Å². The van der Waals surface area contributed by atoms with Gasteiger partial charge in [-0.1, -0.05) is 30.3 Å². The fourth-order valence-corrected chi connectivity index (χ4v) is 1.69. The molecule has 1 amide bonds. The van der Waals surface area contributed by atoms with Crippen LogP contribution in [0.1, 0.15) is 12.0 Å². The van der Waals surface area contributed by atoms with Gasteiger partial charge in [0.2, 0.25) is 0 Å². The van der Waals surface area contributed by atoms with Gasteiger partial charge < -0.3 is 10.6 Å². The Morgan fingerprint density at radius 2 is 2.05 bits per heavy atom. The van der Waals surface area contributed by atoms with Crippen LogP contribution in [-0.2, 0) is 11.2 Å². The maximum atomic E-state index is 11.8. The van der Waals surface area contributed by atoms with Crippen molar-refractivity contribution in [3.63, 3.8) is 0 Å². The van der Waals surface area contributed by atoms with E-state index in [2.05, 4.69) is 10.6 Å². The van der Waals surface area contributed by atoms with E-state index in [9.17, 15) is 4.79 Å². The van der Waals surface area contributed by atoms with Crippen LogP contribution >= 0.6 is 11.6 Å². The highest BCUT2D eigenvalue weighted by molar-refractivity contribution is 6.17. The summed E-state index contributed by atoms with van der Waals surface area (Å²) in [6, 6.07) is 11.7. The van der Waals surface area contributed by atoms with Gasteiger partial charge >= 0.3 is 0 Å². The molecule has 0 spiro atoms. The zero-order valence-electron chi connectivity index (χ0n) is 11.2. The second-order valence-corrected chi connectivity index (χ2v) is 4.54. The number of nitrogens with one attached hydrogen (secondary N) is 2. The first-order valence-electron chi connectivity index (χ1n) is 6.49. The molecule has 20 heavy (non-hydrogen) atoms. The van der Waals surface area contributed by atoms with Crippen LogP contribution in [-0.4, -0.2) is 24.9 Å². The van der Waals surface area contributed by atoms with Crippen molar-refractivity contribution in [3.8, 4) is 6.07 Å². The van der Waals surface area contributed by atoms with Crippen molar-refractivity contribution in [2.24, 2.45) is 0 Å². The van der Waals surface area contributed by atoms with Gasteiger partial charge in [0.05, 0.1) is 0 Å². The van der Waals surface area contributed by atoms with Crippen LogP contribution in [0.5, 0.6) is 0 Å². The molecule has 1 rings (SSSR count). The van der Waals surface area contributed by atoms with Crippen molar-refractivity contribution < 1.29 is 4.79 Å². The molecule has 1 aromatic rings. The largest absolute Gasteiger partial charge is 0.390 e. The summed E-state index contributed by atoms with van der Waals surface area (Å²) < 4.78 is 0. The first-order valence-corrected chi connectivity index (χ1v) is 7.03. The lowest BCUT2D eigenvalue weighted by Crippen LogP contribution is -2.27. The quantitative estimate of drug-likeness (QED) is 0.333. The van der Waals surface area contributed by atoms with Gasteiger partial charge in [-0.25, -0.2) is 0 Å². The standard InChI is InChI=1S/C15H18ClN3O/c16-8-4-9-18-12-14(11-17)15(20)19-10-7-13-5-2-1-3-6-13/h1-3,5-6,12,18H,4,7-10H2,(H,19,20)/b14-12-. The van der Waals surface area contributed by atoms with Crippen molar-refractivity contribution in [1.29, 1.82) is 5.26 Å². The zero-order chi connectivity index (χ0) is 14.6. The Morgan fingerprint density at radius 1 is 1.30 bits per heavy atom. The Hall–Kier alpha value is -1.99. The average molecular weight is 292 g/mol. The Morgan fingerprint density at radius 3 is 2.70 bits per heavy atom. The second-order valence-electron chi connectivity index (χ2n) is 4.16. The predicted molar refractivity (Wildman–Crippen MR) is 80.2 cm³/mol. The summed E-state index contributed by atoms with van der Waals surface area (Å²) in [6.07, 6.45) is 2.96. The smallest absolute Gasteiger partial charge is 0.263 e. The fraction of sp³-hybridized carbons (Fsp3) is 0.333. The molecule has 0 unspecified atom stereocenters. The lowest BCUT2D eigenvalue weighted by atomic mass is 10.1. The number of nitrogens with zero attached hydrogens (tertiary/aromatic N) is 1. The number of rotatable bonds is 8. The average Bonchev–Trinajstić information content (AvgIpc) is 2.48.